The maximum absolute atomic E-state index is 12.8. The zero-order valence-electron chi connectivity index (χ0n) is 13.6. The van der Waals surface area contributed by atoms with E-state index in [4.69, 9.17) is 4.74 Å². The lowest BCUT2D eigenvalue weighted by atomic mass is 10.0. The Labute approximate surface area is 161 Å². The number of ether oxygens (including phenoxy) is 1. The summed E-state index contributed by atoms with van der Waals surface area (Å²) in [5.74, 6) is -1.49. The molecule has 0 spiro atoms. The van der Waals surface area contributed by atoms with Crippen LogP contribution in [-0.2, 0) is 14.3 Å². The molecule has 0 radical (unpaired) electrons. The largest absolute Gasteiger partial charge is 0.464 e. The van der Waals surface area contributed by atoms with E-state index in [9.17, 15) is 19.2 Å². The first-order valence-electron chi connectivity index (χ1n) is 7.79. The van der Waals surface area contributed by atoms with E-state index in [1.807, 2.05) is 0 Å². The number of hydrogen-bond donors (Lipinski definition) is 0. The topological polar surface area (TPSA) is 84.0 Å². The van der Waals surface area contributed by atoms with Crippen molar-refractivity contribution >= 4 is 51.4 Å². The van der Waals surface area contributed by atoms with E-state index in [1.54, 1.807) is 24.3 Å². The number of halogens is 1. The zero-order chi connectivity index (χ0) is 18.6. The van der Waals surface area contributed by atoms with Crippen LogP contribution in [0, 0.1) is 0 Å². The van der Waals surface area contributed by atoms with Crippen LogP contribution in [0.5, 0.6) is 0 Å². The summed E-state index contributed by atoms with van der Waals surface area (Å²) in [6.07, 6.45) is 0. The van der Waals surface area contributed by atoms with Crippen molar-refractivity contribution in [3.8, 4) is 0 Å². The van der Waals surface area contributed by atoms with Gasteiger partial charge in [0.05, 0.1) is 18.2 Å². The molecule has 1 saturated heterocycles. The van der Waals surface area contributed by atoms with Crippen LogP contribution in [0.2, 0.25) is 0 Å². The van der Waals surface area contributed by atoms with E-state index in [0.29, 0.717) is 22.2 Å². The number of amides is 3. The molecule has 1 unspecified atom stereocenters. The van der Waals surface area contributed by atoms with Crippen molar-refractivity contribution in [1.29, 1.82) is 0 Å². The molecule has 26 heavy (non-hydrogen) atoms. The summed E-state index contributed by atoms with van der Waals surface area (Å²) in [5, 5.41) is -0.0554. The molecule has 7 nitrogen and oxygen atoms in total. The molecule has 134 valence electrons. The van der Waals surface area contributed by atoms with Gasteiger partial charge in [0.1, 0.15) is 17.1 Å². The Hall–Kier alpha value is -2.13. The lowest BCUT2D eigenvalue weighted by Gasteiger charge is -2.51. The van der Waals surface area contributed by atoms with Gasteiger partial charge in [0.2, 0.25) is 0 Å². The van der Waals surface area contributed by atoms with E-state index >= 15 is 0 Å². The number of nitrogens with zero attached hydrogens (tertiary/aromatic N) is 2. The highest BCUT2D eigenvalue weighted by atomic mass is 79.9. The summed E-state index contributed by atoms with van der Waals surface area (Å²) < 4.78 is 4.81. The molecule has 3 amide bonds. The van der Waals surface area contributed by atoms with Crippen molar-refractivity contribution in [3.05, 3.63) is 46.7 Å². The number of rotatable bonds is 3. The summed E-state index contributed by atoms with van der Waals surface area (Å²) in [5.41, 5.74) is 1.54. The molecule has 3 heterocycles. The highest BCUT2D eigenvalue weighted by Gasteiger charge is 2.60. The van der Waals surface area contributed by atoms with Crippen molar-refractivity contribution in [2.24, 2.45) is 0 Å². The van der Waals surface area contributed by atoms with Gasteiger partial charge in [-0.2, -0.15) is 0 Å². The number of alkyl halides is 1. The lowest BCUT2D eigenvalue weighted by molar-refractivity contribution is -0.152. The quantitative estimate of drug-likeness (QED) is 0.308. The monoisotopic (exact) mass is 436 g/mol. The van der Waals surface area contributed by atoms with Crippen LogP contribution in [0.1, 0.15) is 20.7 Å². The number of thioether (sulfide) groups is 1. The molecule has 0 N–H and O–H groups in total. The molecular formula is C17H13BrN2O5S. The van der Waals surface area contributed by atoms with Crippen molar-refractivity contribution < 1.29 is 23.9 Å². The van der Waals surface area contributed by atoms with E-state index in [2.05, 4.69) is 15.9 Å². The SMILES string of the molecule is COC(=O)C1=C(CBr)CS[C@@H]2C(N3C(=O)c4ccccc4C3=O)C(=O)N12. The standard InChI is InChI=1S/C17H13BrN2O5S/c1-25-17(24)11-8(6-18)7-26-16-12(15(23)20(11)16)19-13(21)9-4-2-3-5-10(9)14(19)22/h2-5,12,16H,6-7H2,1H3/t12?,16-/m1/s1. The summed E-state index contributed by atoms with van der Waals surface area (Å²) in [6.45, 7) is 0. The predicted molar refractivity (Wildman–Crippen MR) is 96.7 cm³/mol. The number of fused-ring (bicyclic) bond motifs is 2. The van der Waals surface area contributed by atoms with Gasteiger partial charge in [0.25, 0.3) is 17.7 Å². The van der Waals surface area contributed by atoms with Gasteiger partial charge in [-0.05, 0) is 17.7 Å². The van der Waals surface area contributed by atoms with E-state index in [1.165, 1.54) is 23.8 Å². The fraction of sp³-hybridized carbons (Fsp3) is 0.294. The molecule has 2 atom stereocenters. The smallest absolute Gasteiger partial charge is 0.354 e. The average Bonchev–Trinajstić information content (AvgIpc) is 2.91. The third-order valence-electron chi connectivity index (χ3n) is 4.66. The third kappa shape index (κ3) is 2.20. The number of carbonyl (C=O) groups is 4. The second-order valence-corrected chi connectivity index (χ2v) is 7.62. The zero-order valence-corrected chi connectivity index (χ0v) is 16.0. The fourth-order valence-corrected chi connectivity index (χ4v) is 5.53. The summed E-state index contributed by atoms with van der Waals surface area (Å²) in [7, 11) is 1.25. The predicted octanol–water partition coefficient (Wildman–Crippen LogP) is 1.39. The first-order chi connectivity index (χ1) is 12.5. The highest BCUT2D eigenvalue weighted by Crippen LogP contribution is 2.44. The van der Waals surface area contributed by atoms with Crippen molar-refractivity contribution in [2.45, 2.75) is 11.4 Å². The van der Waals surface area contributed by atoms with Gasteiger partial charge in [-0.15, -0.1) is 11.8 Å². The minimum absolute atomic E-state index is 0.200. The summed E-state index contributed by atoms with van der Waals surface area (Å²) in [6, 6.07) is 5.60. The number of esters is 1. The molecule has 9 heteroatoms. The first-order valence-corrected chi connectivity index (χ1v) is 9.96. The Morgan fingerprint density at radius 3 is 2.35 bits per heavy atom. The van der Waals surface area contributed by atoms with Crippen molar-refractivity contribution in [3.63, 3.8) is 0 Å². The highest BCUT2D eigenvalue weighted by molar-refractivity contribution is 9.09. The van der Waals surface area contributed by atoms with E-state index in [-0.39, 0.29) is 5.70 Å². The molecule has 0 bridgehead atoms. The van der Waals surface area contributed by atoms with Crippen LogP contribution in [0.15, 0.2) is 35.5 Å². The maximum Gasteiger partial charge on any atom is 0.354 e. The molecule has 0 saturated carbocycles. The molecule has 4 rings (SSSR count). The van der Waals surface area contributed by atoms with Crippen molar-refractivity contribution in [1.82, 2.24) is 9.80 Å². The Bertz CT molecular complexity index is 864. The molecule has 0 aromatic heterocycles. The number of imide groups is 1. The first kappa shape index (κ1) is 17.3. The Morgan fingerprint density at radius 1 is 1.19 bits per heavy atom. The normalized spacial score (nSPS) is 24.5. The average molecular weight is 437 g/mol. The molecule has 1 aromatic rings. The van der Waals surface area contributed by atoms with Gasteiger partial charge in [0, 0.05) is 11.1 Å². The summed E-state index contributed by atoms with van der Waals surface area (Å²) >= 11 is 4.75. The second-order valence-electron chi connectivity index (χ2n) is 5.96. The van der Waals surface area contributed by atoms with E-state index in [0.717, 1.165) is 10.5 Å². The third-order valence-corrected chi connectivity index (χ3v) is 6.66. The number of hydrogen-bond acceptors (Lipinski definition) is 6. The Kier molecular flexibility index (Phi) is 4.15. The van der Waals surface area contributed by atoms with Gasteiger partial charge in [-0.3, -0.25) is 24.2 Å². The van der Waals surface area contributed by atoms with Crippen LogP contribution in [0.25, 0.3) is 0 Å². The van der Waals surface area contributed by atoms with Crippen LogP contribution >= 0.6 is 27.7 Å². The van der Waals surface area contributed by atoms with Crippen LogP contribution < -0.4 is 0 Å². The van der Waals surface area contributed by atoms with Crippen LogP contribution in [0.3, 0.4) is 0 Å². The molecule has 1 fully saturated rings. The molecule has 3 aliphatic heterocycles. The van der Waals surface area contributed by atoms with Crippen LogP contribution in [-0.4, -0.2) is 63.1 Å². The number of benzene rings is 1. The Morgan fingerprint density at radius 2 is 1.81 bits per heavy atom. The van der Waals surface area contributed by atoms with Crippen molar-refractivity contribution in [2.75, 3.05) is 18.2 Å². The number of methoxy groups -OCH3 is 1. The molecule has 0 aliphatic carbocycles. The molecule has 3 aliphatic rings. The molecule has 1 aromatic carbocycles. The minimum atomic E-state index is -0.913. The minimum Gasteiger partial charge on any atom is -0.464 e. The van der Waals surface area contributed by atoms with Gasteiger partial charge in [0.15, 0.2) is 0 Å². The van der Waals surface area contributed by atoms with Gasteiger partial charge < -0.3 is 4.74 Å². The maximum atomic E-state index is 12.8. The summed E-state index contributed by atoms with van der Waals surface area (Å²) in [4.78, 5) is 52.7. The lowest BCUT2D eigenvalue weighted by Crippen LogP contribution is -2.71. The fourth-order valence-electron chi connectivity index (χ4n) is 3.42. The van der Waals surface area contributed by atoms with Gasteiger partial charge >= 0.3 is 5.97 Å². The van der Waals surface area contributed by atoms with Gasteiger partial charge in [-0.25, -0.2) is 4.79 Å². The molecular weight excluding hydrogens is 424 g/mol. The van der Waals surface area contributed by atoms with Gasteiger partial charge in [-0.1, -0.05) is 28.1 Å². The number of carbonyl (C=O) groups excluding carboxylic acids is 4. The Balaban J connectivity index is 1.68. The second kappa shape index (κ2) is 6.24. The van der Waals surface area contributed by atoms with Crippen LogP contribution in [0.4, 0.5) is 0 Å². The number of β-lactam (4-membered cyclic amide) rings is 1. The van der Waals surface area contributed by atoms with E-state index < -0.39 is 35.1 Å².